The monoisotopic (exact) mass is 587 g/mol. The zero-order valence-corrected chi connectivity index (χ0v) is 24.7. The Bertz CT molecular complexity index is 2440. The zero-order valence-electron chi connectivity index (χ0n) is 24.7. The van der Waals surface area contributed by atoms with Crippen LogP contribution in [0.1, 0.15) is 0 Å². The Labute approximate surface area is 265 Å². The minimum Gasteiger partial charge on any atom is -0.264 e. The lowest BCUT2D eigenvalue weighted by Gasteiger charge is -2.16. The summed E-state index contributed by atoms with van der Waals surface area (Å²) in [4.78, 5) is 24.1. The highest BCUT2D eigenvalue weighted by atomic mass is 15.0. The minimum absolute atomic E-state index is 0.651. The van der Waals surface area contributed by atoms with E-state index in [4.69, 9.17) is 19.9 Å². The van der Waals surface area contributed by atoms with Crippen LogP contribution in [0.4, 0.5) is 0 Å². The molecule has 0 N–H and O–H groups in total. The fourth-order valence-corrected chi connectivity index (χ4v) is 6.41. The number of pyridine rings is 2. The summed E-state index contributed by atoms with van der Waals surface area (Å²) < 4.78 is 0. The van der Waals surface area contributed by atoms with Crippen LogP contribution in [0.5, 0.6) is 0 Å². The Balaban J connectivity index is 1.24. The second-order valence-corrected chi connectivity index (χ2v) is 11.4. The molecule has 0 aliphatic heterocycles. The van der Waals surface area contributed by atoms with Gasteiger partial charge >= 0.3 is 0 Å². The van der Waals surface area contributed by atoms with E-state index in [9.17, 15) is 0 Å². The number of hydrogen-bond donors (Lipinski definition) is 0. The molecule has 0 fully saturated rings. The maximum Gasteiger partial charge on any atom is 0.164 e. The third-order valence-electron chi connectivity index (χ3n) is 8.64. The van der Waals surface area contributed by atoms with E-state index in [-0.39, 0.29) is 0 Å². The molecule has 0 aliphatic carbocycles. The van der Waals surface area contributed by atoms with Crippen LogP contribution >= 0.6 is 0 Å². The molecule has 9 aromatic rings. The molecule has 5 nitrogen and oxygen atoms in total. The van der Waals surface area contributed by atoms with Crippen LogP contribution in [-0.2, 0) is 0 Å². The van der Waals surface area contributed by atoms with Crippen molar-refractivity contribution in [2.75, 3.05) is 0 Å². The number of aromatic nitrogens is 5. The highest BCUT2D eigenvalue weighted by molar-refractivity contribution is 6.27. The lowest BCUT2D eigenvalue weighted by molar-refractivity contribution is 1.08. The van der Waals surface area contributed by atoms with Gasteiger partial charge in [-0.2, -0.15) is 0 Å². The van der Waals surface area contributed by atoms with Gasteiger partial charge in [0, 0.05) is 52.0 Å². The molecule has 0 unspecified atom stereocenters. The maximum absolute atomic E-state index is 5.04. The molecule has 5 heteroatoms. The predicted molar refractivity (Wildman–Crippen MR) is 186 cm³/mol. The van der Waals surface area contributed by atoms with Crippen LogP contribution < -0.4 is 0 Å². The van der Waals surface area contributed by atoms with Crippen LogP contribution in [0.2, 0.25) is 0 Å². The summed E-state index contributed by atoms with van der Waals surface area (Å²) >= 11 is 0. The molecule has 0 radical (unpaired) electrons. The summed E-state index contributed by atoms with van der Waals surface area (Å²) in [6.07, 6.45) is 5.58. The Morgan fingerprint density at radius 2 is 0.913 bits per heavy atom. The average molecular weight is 588 g/mol. The Kier molecular flexibility index (Phi) is 6.06. The van der Waals surface area contributed by atoms with E-state index in [0.717, 1.165) is 44.5 Å². The fourth-order valence-electron chi connectivity index (χ4n) is 6.41. The summed E-state index contributed by atoms with van der Waals surface area (Å²) in [5.41, 5.74) is 7.00. The van der Waals surface area contributed by atoms with Crippen molar-refractivity contribution in [2.45, 2.75) is 0 Å². The van der Waals surface area contributed by atoms with Crippen molar-refractivity contribution >= 4 is 32.3 Å². The third kappa shape index (κ3) is 4.37. The highest BCUT2D eigenvalue weighted by Gasteiger charge is 2.18. The van der Waals surface area contributed by atoms with E-state index < -0.39 is 0 Å². The molecular weight excluding hydrogens is 562 g/mol. The normalized spacial score (nSPS) is 11.5. The summed E-state index contributed by atoms with van der Waals surface area (Å²) in [6.45, 7) is 0. The van der Waals surface area contributed by atoms with Gasteiger partial charge in [0.25, 0.3) is 0 Å². The lowest BCUT2D eigenvalue weighted by Crippen LogP contribution is -2.00. The topological polar surface area (TPSA) is 64.5 Å². The van der Waals surface area contributed by atoms with Crippen molar-refractivity contribution in [3.05, 3.63) is 152 Å². The maximum atomic E-state index is 5.04. The number of rotatable bonds is 5. The van der Waals surface area contributed by atoms with E-state index in [2.05, 4.69) is 71.7 Å². The molecule has 9 rings (SSSR count). The average Bonchev–Trinajstić information content (AvgIpc) is 3.14. The summed E-state index contributed by atoms with van der Waals surface area (Å²) in [6, 6.07) is 45.9. The van der Waals surface area contributed by atoms with Gasteiger partial charge in [-0.3, -0.25) is 9.97 Å². The molecule has 0 atom stereocenters. The molecule has 3 aromatic heterocycles. The van der Waals surface area contributed by atoms with E-state index >= 15 is 0 Å². The van der Waals surface area contributed by atoms with Gasteiger partial charge in [0.05, 0.1) is 5.69 Å². The van der Waals surface area contributed by atoms with Gasteiger partial charge in [-0.25, -0.2) is 15.0 Å². The van der Waals surface area contributed by atoms with Crippen LogP contribution in [0.25, 0.3) is 88.9 Å². The SMILES string of the molecule is c1ccc(-c2nc(-c3ccccc3)nc(-c3ccc4ccc5c(-c6ccc(-c7cccnc7)cn6)ccc6ccc3c4c65)n2)cc1. The van der Waals surface area contributed by atoms with Crippen molar-refractivity contribution < 1.29 is 0 Å². The first kappa shape index (κ1) is 26.1. The van der Waals surface area contributed by atoms with Gasteiger partial charge in [-0.15, -0.1) is 0 Å². The molecule has 3 heterocycles. The summed E-state index contributed by atoms with van der Waals surface area (Å²) in [5, 5.41) is 7.05. The largest absolute Gasteiger partial charge is 0.264 e. The number of benzene rings is 6. The van der Waals surface area contributed by atoms with Crippen molar-refractivity contribution in [1.82, 2.24) is 24.9 Å². The van der Waals surface area contributed by atoms with E-state index in [1.54, 1.807) is 6.20 Å². The molecular formula is C41H25N5. The van der Waals surface area contributed by atoms with Gasteiger partial charge in [-0.05, 0) is 50.5 Å². The first-order valence-electron chi connectivity index (χ1n) is 15.2. The minimum atomic E-state index is 0.651. The van der Waals surface area contributed by atoms with E-state index in [1.165, 1.54) is 26.9 Å². The quantitative estimate of drug-likeness (QED) is 0.188. The number of hydrogen-bond acceptors (Lipinski definition) is 5. The van der Waals surface area contributed by atoms with Gasteiger partial charge in [0.2, 0.25) is 0 Å². The molecule has 0 amide bonds. The molecule has 0 spiro atoms. The van der Waals surface area contributed by atoms with Crippen LogP contribution in [0.3, 0.4) is 0 Å². The van der Waals surface area contributed by atoms with Gasteiger partial charge in [0.1, 0.15) is 0 Å². The van der Waals surface area contributed by atoms with Crippen molar-refractivity contribution in [3.8, 4) is 56.5 Å². The smallest absolute Gasteiger partial charge is 0.164 e. The molecule has 0 aliphatic rings. The van der Waals surface area contributed by atoms with E-state index in [1.807, 2.05) is 79.1 Å². The molecule has 0 bridgehead atoms. The summed E-state index contributed by atoms with van der Waals surface area (Å²) in [7, 11) is 0. The Morgan fingerprint density at radius 3 is 1.50 bits per heavy atom. The second-order valence-electron chi connectivity index (χ2n) is 11.4. The molecule has 214 valence electrons. The van der Waals surface area contributed by atoms with Crippen molar-refractivity contribution in [3.63, 3.8) is 0 Å². The standard InChI is InChI=1S/C41H25N5/c1-3-8-28(9-4-1)39-44-40(29-10-5-2-6-11-29)46-41(45-39)35-21-16-27-14-19-33-32(18-13-26-15-20-34(35)38(27)37(26)33)36-22-17-31(25-43-36)30-12-7-23-42-24-30/h1-25H. The van der Waals surface area contributed by atoms with Gasteiger partial charge in [0.15, 0.2) is 17.5 Å². The number of nitrogens with zero attached hydrogens (tertiary/aromatic N) is 5. The van der Waals surface area contributed by atoms with E-state index in [0.29, 0.717) is 17.5 Å². The van der Waals surface area contributed by atoms with Gasteiger partial charge in [-0.1, -0.05) is 115 Å². The van der Waals surface area contributed by atoms with Crippen LogP contribution in [0, 0.1) is 0 Å². The molecule has 0 saturated carbocycles. The first-order chi connectivity index (χ1) is 22.8. The highest BCUT2D eigenvalue weighted by Crippen LogP contribution is 2.42. The third-order valence-corrected chi connectivity index (χ3v) is 8.64. The lowest BCUT2D eigenvalue weighted by atomic mass is 9.89. The first-order valence-corrected chi connectivity index (χ1v) is 15.2. The second kappa shape index (κ2) is 10.7. The fraction of sp³-hybridized carbons (Fsp3) is 0. The zero-order chi connectivity index (χ0) is 30.5. The van der Waals surface area contributed by atoms with Crippen molar-refractivity contribution in [1.29, 1.82) is 0 Å². The predicted octanol–water partition coefficient (Wildman–Crippen LogP) is 9.89. The summed E-state index contributed by atoms with van der Waals surface area (Å²) in [5.74, 6) is 1.95. The Hall–Kier alpha value is -6.33. The molecule has 6 aromatic carbocycles. The van der Waals surface area contributed by atoms with Crippen LogP contribution in [0.15, 0.2) is 152 Å². The van der Waals surface area contributed by atoms with Gasteiger partial charge < -0.3 is 0 Å². The molecule has 46 heavy (non-hydrogen) atoms. The van der Waals surface area contributed by atoms with Crippen LogP contribution in [-0.4, -0.2) is 24.9 Å². The van der Waals surface area contributed by atoms with Crippen molar-refractivity contribution in [2.24, 2.45) is 0 Å². The molecule has 0 saturated heterocycles. The Morgan fingerprint density at radius 1 is 0.370 bits per heavy atom.